The van der Waals surface area contributed by atoms with Gasteiger partial charge < -0.3 is 14.6 Å². The first-order valence-corrected chi connectivity index (χ1v) is 10.8. The van der Waals surface area contributed by atoms with Gasteiger partial charge in [-0.15, -0.1) is 0 Å². The molecule has 1 aliphatic heterocycles. The molecule has 0 aliphatic carbocycles. The van der Waals surface area contributed by atoms with Gasteiger partial charge in [-0.05, 0) is 77.5 Å². The third-order valence-corrected chi connectivity index (χ3v) is 5.82. The maximum absolute atomic E-state index is 12.8. The molecule has 1 aliphatic rings. The lowest BCUT2D eigenvalue weighted by Crippen LogP contribution is -2.27. The van der Waals surface area contributed by atoms with Crippen molar-refractivity contribution in [1.29, 1.82) is 0 Å². The van der Waals surface area contributed by atoms with E-state index < -0.39 is 11.1 Å². The molecule has 3 aromatic rings. The van der Waals surface area contributed by atoms with Crippen LogP contribution in [-0.2, 0) is 11.4 Å². The second-order valence-electron chi connectivity index (χ2n) is 6.86. The van der Waals surface area contributed by atoms with Crippen molar-refractivity contribution in [1.82, 2.24) is 0 Å². The Balaban J connectivity index is 1.52. The first kappa shape index (κ1) is 21.8. The number of carbonyl (C=O) groups is 2. The molecule has 6 nitrogen and oxygen atoms in total. The molecule has 0 spiro atoms. The molecular formula is C24H18ClNO5S. The highest BCUT2D eigenvalue weighted by Gasteiger charge is 2.36. The Labute approximate surface area is 194 Å². The van der Waals surface area contributed by atoms with Gasteiger partial charge in [0, 0.05) is 5.02 Å². The van der Waals surface area contributed by atoms with Gasteiger partial charge in [0.2, 0.25) is 0 Å². The smallest absolute Gasteiger partial charge is 0.298 e. The summed E-state index contributed by atoms with van der Waals surface area (Å²) < 4.78 is 11.3. The first-order valence-electron chi connectivity index (χ1n) is 9.57. The molecule has 0 atom stereocenters. The summed E-state index contributed by atoms with van der Waals surface area (Å²) in [7, 11) is 1.53. The third-order valence-electron chi connectivity index (χ3n) is 4.69. The van der Waals surface area contributed by atoms with Crippen LogP contribution in [0, 0.1) is 0 Å². The molecule has 162 valence electrons. The minimum Gasteiger partial charge on any atom is -0.508 e. The summed E-state index contributed by atoms with van der Waals surface area (Å²) in [5.74, 6) is 0.691. The summed E-state index contributed by atoms with van der Waals surface area (Å²) in [5, 5.41) is 9.69. The van der Waals surface area contributed by atoms with Gasteiger partial charge in [-0.25, -0.2) is 4.90 Å². The van der Waals surface area contributed by atoms with Gasteiger partial charge in [0.1, 0.15) is 12.4 Å². The zero-order valence-electron chi connectivity index (χ0n) is 16.9. The molecule has 0 saturated carbocycles. The molecule has 0 radical (unpaired) electrons. The number of hydrogen-bond donors (Lipinski definition) is 1. The molecule has 4 rings (SSSR count). The van der Waals surface area contributed by atoms with Crippen molar-refractivity contribution in [2.45, 2.75) is 6.61 Å². The van der Waals surface area contributed by atoms with E-state index in [0.29, 0.717) is 39.3 Å². The minimum atomic E-state index is -0.423. The van der Waals surface area contributed by atoms with E-state index in [1.807, 2.05) is 12.1 Å². The van der Waals surface area contributed by atoms with Crippen LogP contribution in [0.1, 0.15) is 11.1 Å². The molecular weight excluding hydrogens is 450 g/mol. The Morgan fingerprint density at radius 2 is 1.72 bits per heavy atom. The molecule has 1 saturated heterocycles. The fourth-order valence-corrected chi connectivity index (χ4v) is 4.05. The van der Waals surface area contributed by atoms with Gasteiger partial charge in [0.25, 0.3) is 11.1 Å². The van der Waals surface area contributed by atoms with Gasteiger partial charge in [-0.2, -0.15) is 0 Å². The van der Waals surface area contributed by atoms with Crippen molar-refractivity contribution in [3.63, 3.8) is 0 Å². The van der Waals surface area contributed by atoms with Crippen LogP contribution in [0.3, 0.4) is 0 Å². The number of carbonyl (C=O) groups excluding carboxylic acids is 2. The van der Waals surface area contributed by atoms with Crippen LogP contribution >= 0.6 is 23.4 Å². The Morgan fingerprint density at radius 3 is 2.41 bits per heavy atom. The van der Waals surface area contributed by atoms with E-state index in [9.17, 15) is 14.7 Å². The average molecular weight is 468 g/mol. The summed E-state index contributed by atoms with van der Waals surface area (Å²) >= 11 is 6.76. The number of rotatable bonds is 6. The Bertz CT molecular complexity index is 1190. The molecule has 32 heavy (non-hydrogen) atoms. The Kier molecular flexibility index (Phi) is 6.39. The van der Waals surface area contributed by atoms with E-state index in [1.54, 1.807) is 36.4 Å². The van der Waals surface area contributed by atoms with Gasteiger partial charge in [0.15, 0.2) is 11.5 Å². The van der Waals surface area contributed by atoms with Crippen LogP contribution in [0.5, 0.6) is 17.2 Å². The van der Waals surface area contributed by atoms with Gasteiger partial charge >= 0.3 is 0 Å². The van der Waals surface area contributed by atoms with Crippen LogP contribution in [0.15, 0.2) is 71.6 Å². The average Bonchev–Trinajstić information content (AvgIpc) is 3.07. The number of anilines is 1. The van der Waals surface area contributed by atoms with Crippen molar-refractivity contribution >= 4 is 46.3 Å². The molecule has 0 bridgehead atoms. The lowest BCUT2D eigenvalue weighted by Gasteiger charge is -2.12. The van der Waals surface area contributed by atoms with Crippen molar-refractivity contribution in [2.75, 3.05) is 12.0 Å². The van der Waals surface area contributed by atoms with E-state index in [1.165, 1.54) is 31.4 Å². The fraction of sp³-hybridized carbons (Fsp3) is 0.0833. The normalized spacial score (nSPS) is 14.8. The SMILES string of the molecule is COc1cc(/C=C2\SC(=O)N(c3ccc(O)cc3)C2=O)ccc1OCc1ccc(Cl)cc1. The number of thioether (sulfide) groups is 1. The van der Waals surface area contributed by atoms with Crippen LogP contribution in [-0.4, -0.2) is 23.4 Å². The molecule has 8 heteroatoms. The maximum atomic E-state index is 12.8. The Hall–Kier alpha value is -3.42. The quantitative estimate of drug-likeness (QED) is 0.456. The third kappa shape index (κ3) is 4.74. The predicted octanol–water partition coefficient (Wildman–Crippen LogP) is 5.87. The summed E-state index contributed by atoms with van der Waals surface area (Å²) in [5.41, 5.74) is 2.05. The largest absolute Gasteiger partial charge is 0.508 e. The van der Waals surface area contributed by atoms with Crippen LogP contribution < -0.4 is 14.4 Å². The summed E-state index contributed by atoms with van der Waals surface area (Å²) in [6, 6.07) is 18.5. The highest BCUT2D eigenvalue weighted by Crippen LogP contribution is 2.37. The number of aromatic hydroxyl groups is 1. The molecule has 1 heterocycles. The standard InChI is InChI=1S/C24H18ClNO5S/c1-30-21-12-16(4-11-20(21)31-14-15-2-5-17(25)6-3-15)13-22-23(28)26(24(29)32-22)18-7-9-19(27)10-8-18/h2-13,27H,14H2,1H3/b22-13-. The van der Waals surface area contributed by atoms with Gasteiger partial charge in [-0.3, -0.25) is 9.59 Å². The van der Waals surface area contributed by atoms with E-state index in [4.69, 9.17) is 21.1 Å². The lowest BCUT2D eigenvalue weighted by atomic mass is 10.1. The number of ether oxygens (including phenoxy) is 2. The van der Waals surface area contributed by atoms with Crippen LogP contribution in [0.4, 0.5) is 10.5 Å². The highest BCUT2D eigenvalue weighted by molar-refractivity contribution is 8.19. The zero-order chi connectivity index (χ0) is 22.7. The van der Waals surface area contributed by atoms with Crippen LogP contribution in [0.2, 0.25) is 5.02 Å². The van der Waals surface area contributed by atoms with E-state index >= 15 is 0 Å². The van der Waals surface area contributed by atoms with E-state index in [0.717, 1.165) is 22.2 Å². The zero-order valence-corrected chi connectivity index (χ0v) is 18.5. The van der Waals surface area contributed by atoms with Crippen LogP contribution in [0.25, 0.3) is 6.08 Å². The van der Waals surface area contributed by atoms with Gasteiger partial charge in [0.05, 0.1) is 17.7 Å². The highest BCUT2D eigenvalue weighted by atomic mass is 35.5. The monoisotopic (exact) mass is 467 g/mol. The fourth-order valence-electron chi connectivity index (χ4n) is 3.08. The number of imide groups is 1. The molecule has 2 amide bonds. The first-order chi connectivity index (χ1) is 15.4. The second-order valence-corrected chi connectivity index (χ2v) is 8.29. The molecule has 0 aromatic heterocycles. The number of methoxy groups -OCH3 is 1. The van der Waals surface area contributed by atoms with E-state index in [-0.39, 0.29) is 5.75 Å². The maximum Gasteiger partial charge on any atom is 0.298 e. The Morgan fingerprint density at radius 1 is 1.00 bits per heavy atom. The number of hydrogen-bond acceptors (Lipinski definition) is 6. The molecule has 1 N–H and O–H groups in total. The number of phenols is 1. The number of halogens is 1. The van der Waals surface area contributed by atoms with Crippen molar-refractivity contribution in [3.05, 3.63) is 87.8 Å². The van der Waals surface area contributed by atoms with Gasteiger partial charge in [-0.1, -0.05) is 29.8 Å². The van der Waals surface area contributed by atoms with Crippen molar-refractivity contribution < 1.29 is 24.2 Å². The predicted molar refractivity (Wildman–Crippen MR) is 125 cm³/mol. The summed E-state index contributed by atoms with van der Waals surface area (Å²) in [4.78, 5) is 26.6. The minimum absolute atomic E-state index is 0.0572. The molecule has 3 aromatic carbocycles. The lowest BCUT2D eigenvalue weighted by molar-refractivity contribution is -0.113. The molecule has 1 fully saturated rings. The van der Waals surface area contributed by atoms with Crippen molar-refractivity contribution in [3.8, 4) is 17.2 Å². The second kappa shape index (κ2) is 9.38. The number of phenolic OH excluding ortho intramolecular Hbond substituents is 1. The summed E-state index contributed by atoms with van der Waals surface area (Å²) in [6.07, 6.45) is 1.64. The molecule has 0 unspecified atom stereocenters. The number of amides is 2. The topological polar surface area (TPSA) is 76.1 Å². The number of nitrogens with zero attached hydrogens (tertiary/aromatic N) is 1. The summed E-state index contributed by atoms with van der Waals surface area (Å²) in [6.45, 7) is 0.346. The van der Waals surface area contributed by atoms with E-state index in [2.05, 4.69) is 0 Å². The van der Waals surface area contributed by atoms with Crippen molar-refractivity contribution in [2.24, 2.45) is 0 Å². The number of benzene rings is 3.